The van der Waals surface area contributed by atoms with Gasteiger partial charge in [0.1, 0.15) is 6.10 Å². The second-order valence-corrected chi connectivity index (χ2v) is 6.15. The Bertz CT molecular complexity index is 422. The van der Waals surface area contributed by atoms with E-state index in [9.17, 15) is 9.90 Å². The SMILES string of the molecule is CC(C)C(O)C(=O)N1CCC(Cc2ccccc2)CC1. The maximum atomic E-state index is 12.1. The van der Waals surface area contributed by atoms with E-state index in [0.29, 0.717) is 5.92 Å². The summed E-state index contributed by atoms with van der Waals surface area (Å²) in [4.78, 5) is 13.9. The van der Waals surface area contributed by atoms with Crippen molar-refractivity contribution in [1.29, 1.82) is 0 Å². The molecule has 1 amide bonds. The van der Waals surface area contributed by atoms with E-state index in [1.807, 2.05) is 24.8 Å². The molecular weight excluding hydrogens is 250 g/mol. The Hall–Kier alpha value is -1.35. The molecule has 110 valence electrons. The van der Waals surface area contributed by atoms with Crippen LogP contribution in [0.1, 0.15) is 32.3 Å². The van der Waals surface area contributed by atoms with E-state index >= 15 is 0 Å². The van der Waals surface area contributed by atoms with E-state index in [-0.39, 0.29) is 11.8 Å². The molecule has 1 atom stereocenters. The molecular formula is C17H25NO2. The standard InChI is InChI=1S/C17H25NO2/c1-13(2)16(19)17(20)18-10-8-15(9-11-18)12-14-6-4-3-5-7-14/h3-7,13,15-16,19H,8-12H2,1-2H3. The van der Waals surface area contributed by atoms with E-state index in [1.54, 1.807) is 0 Å². The zero-order valence-electron chi connectivity index (χ0n) is 12.5. The number of likely N-dealkylation sites (tertiary alicyclic amines) is 1. The highest BCUT2D eigenvalue weighted by Crippen LogP contribution is 2.22. The first-order chi connectivity index (χ1) is 9.58. The van der Waals surface area contributed by atoms with Crippen LogP contribution in [0.3, 0.4) is 0 Å². The predicted octanol–water partition coefficient (Wildman–Crippen LogP) is 2.48. The molecule has 0 aliphatic carbocycles. The molecule has 0 aromatic heterocycles. The fourth-order valence-electron chi connectivity index (χ4n) is 2.78. The number of hydrogen-bond donors (Lipinski definition) is 1. The molecule has 1 aliphatic rings. The lowest BCUT2D eigenvalue weighted by atomic mass is 9.90. The molecule has 0 saturated carbocycles. The van der Waals surface area contributed by atoms with Crippen molar-refractivity contribution in [3.8, 4) is 0 Å². The molecule has 3 nitrogen and oxygen atoms in total. The second kappa shape index (κ2) is 6.89. The number of piperidine rings is 1. The molecule has 0 radical (unpaired) electrons. The van der Waals surface area contributed by atoms with Crippen LogP contribution in [-0.4, -0.2) is 35.1 Å². The average molecular weight is 275 g/mol. The Kier molecular flexibility index (Phi) is 5.18. The van der Waals surface area contributed by atoms with E-state index < -0.39 is 6.10 Å². The summed E-state index contributed by atoms with van der Waals surface area (Å²) in [6.45, 7) is 5.32. The molecule has 0 spiro atoms. The van der Waals surface area contributed by atoms with Gasteiger partial charge in [-0.3, -0.25) is 4.79 Å². The van der Waals surface area contributed by atoms with Gasteiger partial charge in [-0.1, -0.05) is 44.2 Å². The molecule has 3 heteroatoms. The van der Waals surface area contributed by atoms with Crippen molar-refractivity contribution in [3.05, 3.63) is 35.9 Å². The Labute approximate surface area is 121 Å². The van der Waals surface area contributed by atoms with E-state index in [1.165, 1.54) is 5.56 Å². The van der Waals surface area contributed by atoms with Gasteiger partial charge in [0.15, 0.2) is 0 Å². The summed E-state index contributed by atoms with van der Waals surface area (Å²) in [7, 11) is 0. The van der Waals surface area contributed by atoms with Crippen LogP contribution < -0.4 is 0 Å². The Morgan fingerprint density at radius 3 is 2.40 bits per heavy atom. The van der Waals surface area contributed by atoms with Crippen LogP contribution >= 0.6 is 0 Å². The largest absolute Gasteiger partial charge is 0.383 e. The Morgan fingerprint density at radius 1 is 1.25 bits per heavy atom. The minimum absolute atomic E-state index is 0.00968. The summed E-state index contributed by atoms with van der Waals surface area (Å²) >= 11 is 0. The van der Waals surface area contributed by atoms with Crippen LogP contribution in [0, 0.1) is 11.8 Å². The summed E-state index contributed by atoms with van der Waals surface area (Å²) in [5, 5.41) is 9.86. The third-order valence-electron chi connectivity index (χ3n) is 4.18. The number of carbonyl (C=O) groups is 1. The van der Waals surface area contributed by atoms with Crippen LogP contribution in [0.4, 0.5) is 0 Å². The normalized spacial score (nSPS) is 18.3. The van der Waals surface area contributed by atoms with Gasteiger partial charge in [0, 0.05) is 13.1 Å². The first-order valence-corrected chi connectivity index (χ1v) is 7.58. The highest BCUT2D eigenvalue weighted by atomic mass is 16.3. The van der Waals surface area contributed by atoms with E-state index in [0.717, 1.165) is 32.4 Å². The van der Waals surface area contributed by atoms with Crippen LogP contribution in [0.5, 0.6) is 0 Å². The molecule has 1 aromatic rings. The minimum Gasteiger partial charge on any atom is -0.383 e. The topological polar surface area (TPSA) is 40.5 Å². The molecule has 1 aliphatic heterocycles. The lowest BCUT2D eigenvalue weighted by Gasteiger charge is -2.34. The van der Waals surface area contributed by atoms with Crippen molar-refractivity contribution in [2.24, 2.45) is 11.8 Å². The van der Waals surface area contributed by atoms with Gasteiger partial charge in [0.2, 0.25) is 0 Å². The molecule has 20 heavy (non-hydrogen) atoms. The first kappa shape index (κ1) is 15.0. The van der Waals surface area contributed by atoms with Crippen molar-refractivity contribution < 1.29 is 9.90 Å². The summed E-state index contributed by atoms with van der Waals surface area (Å²) < 4.78 is 0. The van der Waals surface area contributed by atoms with E-state index in [2.05, 4.69) is 24.3 Å². The van der Waals surface area contributed by atoms with Crippen molar-refractivity contribution in [3.63, 3.8) is 0 Å². The van der Waals surface area contributed by atoms with Gasteiger partial charge < -0.3 is 10.0 Å². The van der Waals surface area contributed by atoms with Crippen molar-refractivity contribution >= 4 is 5.91 Å². The van der Waals surface area contributed by atoms with Crippen LogP contribution in [0.2, 0.25) is 0 Å². The van der Waals surface area contributed by atoms with Gasteiger partial charge in [0.05, 0.1) is 0 Å². The fraction of sp³-hybridized carbons (Fsp3) is 0.588. The number of aliphatic hydroxyl groups is 1. The molecule has 1 aromatic carbocycles. The smallest absolute Gasteiger partial charge is 0.251 e. The van der Waals surface area contributed by atoms with Gasteiger partial charge in [0.25, 0.3) is 5.91 Å². The minimum atomic E-state index is -0.847. The number of amides is 1. The highest BCUT2D eigenvalue weighted by Gasteiger charge is 2.28. The van der Waals surface area contributed by atoms with Crippen molar-refractivity contribution in [2.45, 2.75) is 39.2 Å². The molecule has 1 N–H and O–H groups in total. The number of hydrogen-bond acceptors (Lipinski definition) is 2. The Morgan fingerprint density at radius 2 is 1.85 bits per heavy atom. The van der Waals surface area contributed by atoms with Gasteiger partial charge in [-0.15, -0.1) is 0 Å². The van der Waals surface area contributed by atoms with Gasteiger partial charge in [-0.2, -0.15) is 0 Å². The number of rotatable bonds is 4. The summed E-state index contributed by atoms with van der Waals surface area (Å²) in [6, 6.07) is 10.5. The van der Waals surface area contributed by atoms with Crippen LogP contribution in [0.15, 0.2) is 30.3 Å². The van der Waals surface area contributed by atoms with Gasteiger partial charge in [-0.25, -0.2) is 0 Å². The average Bonchev–Trinajstić information content (AvgIpc) is 2.47. The van der Waals surface area contributed by atoms with E-state index in [4.69, 9.17) is 0 Å². The summed E-state index contributed by atoms with van der Waals surface area (Å²) in [5.74, 6) is 0.542. The first-order valence-electron chi connectivity index (χ1n) is 7.58. The number of nitrogens with zero attached hydrogens (tertiary/aromatic N) is 1. The molecule has 1 fully saturated rings. The number of aliphatic hydroxyl groups excluding tert-OH is 1. The lowest BCUT2D eigenvalue weighted by molar-refractivity contribution is -0.143. The number of benzene rings is 1. The molecule has 1 unspecified atom stereocenters. The zero-order chi connectivity index (χ0) is 14.5. The van der Waals surface area contributed by atoms with Crippen LogP contribution in [0.25, 0.3) is 0 Å². The third kappa shape index (κ3) is 3.83. The monoisotopic (exact) mass is 275 g/mol. The molecule has 0 bridgehead atoms. The maximum absolute atomic E-state index is 12.1. The Balaban J connectivity index is 1.82. The molecule has 1 saturated heterocycles. The van der Waals surface area contributed by atoms with Crippen molar-refractivity contribution in [2.75, 3.05) is 13.1 Å². The van der Waals surface area contributed by atoms with Crippen LogP contribution in [-0.2, 0) is 11.2 Å². The quantitative estimate of drug-likeness (QED) is 0.917. The van der Waals surface area contributed by atoms with Gasteiger partial charge >= 0.3 is 0 Å². The lowest BCUT2D eigenvalue weighted by Crippen LogP contribution is -2.45. The third-order valence-corrected chi connectivity index (χ3v) is 4.18. The van der Waals surface area contributed by atoms with Gasteiger partial charge in [-0.05, 0) is 36.7 Å². The fourth-order valence-corrected chi connectivity index (χ4v) is 2.78. The molecule has 2 rings (SSSR count). The second-order valence-electron chi connectivity index (χ2n) is 6.15. The molecule has 1 heterocycles. The predicted molar refractivity (Wildman–Crippen MR) is 80.3 cm³/mol. The zero-order valence-corrected chi connectivity index (χ0v) is 12.5. The number of carbonyl (C=O) groups excluding carboxylic acids is 1. The maximum Gasteiger partial charge on any atom is 0.251 e. The summed E-state index contributed by atoms with van der Waals surface area (Å²) in [6.07, 6.45) is 2.31. The highest BCUT2D eigenvalue weighted by molar-refractivity contribution is 5.81. The summed E-state index contributed by atoms with van der Waals surface area (Å²) in [5.41, 5.74) is 1.37. The van der Waals surface area contributed by atoms with Crippen molar-refractivity contribution in [1.82, 2.24) is 4.90 Å².